The first-order valence-corrected chi connectivity index (χ1v) is 4.09. The van der Waals surface area contributed by atoms with Crippen molar-refractivity contribution in [2.75, 3.05) is 6.61 Å². The molecule has 0 spiro atoms. The molecule has 0 saturated heterocycles. The molecule has 0 heterocycles. The lowest BCUT2D eigenvalue weighted by molar-refractivity contribution is -0.138. The largest absolute Gasteiger partial charge is 0.463 e. The Kier molecular flexibility index (Phi) is 5.09. The summed E-state index contributed by atoms with van der Waals surface area (Å²) < 4.78 is 4.81. The molecule has 0 aliphatic carbocycles. The van der Waals surface area contributed by atoms with E-state index in [0.717, 1.165) is 0 Å². The Bertz CT molecular complexity index is 192. The number of ether oxygens (including phenoxy) is 1. The molecule has 2 heteroatoms. The smallest absolute Gasteiger partial charge is 0.333 e. The first-order chi connectivity index (χ1) is 5.61. The van der Waals surface area contributed by atoms with Gasteiger partial charge < -0.3 is 4.74 Å². The van der Waals surface area contributed by atoms with Crippen LogP contribution in [-0.2, 0) is 9.53 Å². The molecule has 0 aromatic carbocycles. The molecule has 0 N–H and O–H groups in total. The Morgan fingerprint density at radius 2 is 2.25 bits per heavy atom. The standard InChI is InChI=1S/C10H16O2/c1-5-8(3)7-9(4)10(11)12-6-2/h5,7-8H,1,6H2,2-4H3/b9-7+/t8-/m1/s1. The minimum absolute atomic E-state index is 0.217. The summed E-state index contributed by atoms with van der Waals surface area (Å²) in [5, 5.41) is 0. The third kappa shape index (κ3) is 3.96. The van der Waals surface area contributed by atoms with Crippen LogP contribution in [0.4, 0.5) is 0 Å². The van der Waals surface area contributed by atoms with E-state index in [9.17, 15) is 4.79 Å². The van der Waals surface area contributed by atoms with Gasteiger partial charge in [0.1, 0.15) is 0 Å². The van der Waals surface area contributed by atoms with E-state index in [4.69, 9.17) is 4.74 Å². The molecule has 0 bridgehead atoms. The first-order valence-electron chi connectivity index (χ1n) is 4.09. The monoisotopic (exact) mass is 168 g/mol. The van der Waals surface area contributed by atoms with Crippen molar-refractivity contribution in [1.29, 1.82) is 0 Å². The molecule has 2 nitrogen and oxygen atoms in total. The number of allylic oxidation sites excluding steroid dienone is 2. The van der Waals surface area contributed by atoms with Gasteiger partial charge in [-0.2, -0.15) is 0 Å². The third-order valence-corrected chi connectivity index (χ3v) is 1.48. The van der Waals surface area contributed by atoms with Crippen LogP contribution in [0.3, 0.4) is 0 Å². The van der Waals surface area contributed by atoms with Gasteiger partial charge in [0.15, 0.2) is 0 Å². The maximum Gasteiger partial charge on any atom is 0.333 e. The summed E-state index contributed by atoms with van der Waals surface area (Å²) in [4.78, 5) is 11.1. The van der Waals surface area contributed by atoms with Crippen molar-refractivity contribution < 1.29 is 9.53 Å². The fraction of sp³-hybridized carbons (Fsp3) is 0.500. The second-order valence-electron chi connectivity index (χ2n) is 2.66. The fourth-order valence-corrected chi connectivity index (χ4v) is 0.775. The molecule has 0 unspecified atom stereocenters. The van der Waals surface area contributed by atoms with Crippen molar-refractivity contribution in [2.24, 2.45) is 5.92 Å². The molecular weight excluding hydrogens is 152 g/mol. The Labute approximate surface area is 73.9 Å². The fourth-order valence-electron chi connectivity index (χ4n) is 0.775. The lowest BCUT2D eigenvalue weighted by atomic mass is 10.1. The minimum Gasteiger partial charge on any atom is -0.463 e. The highest BCUT2D eigenvalue weighted by atomic mass is 16.5. The van der Waals surface area contributed by atoms with Crippen LogP contribution in [0, 0.1) is 5.92 Å². The molecule has 0 saturated carbocycles. The number of hydrogen-bond donors (Lipinski definition) is 0. The van der Waals surface area contributed by atoms with E-state index in [0.29, 0.717) is 12.2 Å². The van der Waals surface area contributed by atoms with E-state index >= 15 is 0 Å². The molecule has 0 rings (SSSR count). The molecule has 12 heavy (non-hydrogen) atoms. The SMILES string of the molecule is C=C[C@@H](C)/C=C(\C)C(=O)OCC. The predicted octanol–water partition coefficient (Wildman–Crippen LogP) is 2.32. The van der Waals surface area contributed by atoms with E-state index in [1.165, 1.54) is 0 Å². The first kappa shape index (κ1) is 11.0. The number of hydrogen-bond acceptors (Lipinski definition) is 2. The third-order valence-electron chi connectivity index (χ3n) is 1.48. The zero-order valence-electron chi connectivity index (χ0n) is 7.96. The van der Waals surface area contributed by atoms with Crippen molar-refractivity contribution in [1.82, 2.24) is 0 Å². The topological polar surface area (TPSA) is 26.3 Å². The highest BCUT2D eigenvalue weighted by molar-refractivity contribution is 5.87. The molecule has 68 valence electrons. The quantitative estimate of drug-likeness (QED) is 0.366. The summed E-state index contributed by atoms with van der Waals surface area (Å²) in [7, 11) is 0. The van der Waals surface area contributed by atoms with Gasteiger partial charge in [0.25, 0.3) is 0 Å². The van der Waals surface area contributed by atoms with Crippen LogP contribution in [0.5, 0.6) is 0 Å². The van der Waals surface area contributed by atoms with Crippen LogP contribution in [0.1, 0.15) is 20.8 Å². The van der Waals surface area contributed by atoms with Gasteiger partial charge in [-0.3, -0.25) is 0 Å². The van der Waals surface area contributed by atoms with Crippen LogP contribution in [0.15, 0.2) is 24.3 Å². The Hall–Kier alpha value is -1.05. The number of esters is 1. The van der Waals surface area contributed by atoms with Gasteiger partial charge in [-0.1, -0.05) is 19.1 Å². The van der Waals surface area contributed by atoms with Gasteiger partial charge in [0.05, 0.1) is 6.61 Å². The lowest BCUT2D eigenvalue weighted by Crippen LogP contribution is -2.05. The van der Waals surface area contributed by atoms with E-state index in [2.05, 4.69) is 6.58 Å². The number of carbonyl (C=O) groups is 1. The van der Waals surface area contributed by atoms with Crippen molar-refractivity contribution in [2.45, 2.75) is 20.8 Å². The van der Waals surface area contributed by atoms with Gasteiger partial charge in [-0.15, -0.1) is 6.58 Å². The Balaban J connectivity index is 4.16. The Morgan fingerprint density at radius 3 is 2.67 bits per heavy atom. The summed E-state index contributed by atoms with van der Waals surface area (Å²) in [5.74, 6) is -0.0272. The summed E-state index contributed by atoms with van der Waals surface area (Å²) in [6.07, 6.45) is 3.62. The zero-order valence-corrected chi connectivity index (χ0v) is 7.96. The van der Waals surface area contributed by atoms with Crippen molar-refractivity contribution in [3.63, 3.8) is 0 Å². The highest BCUT2D eigenvalue weighted by Gasteiger charge is 2.04. The number of carbonyl (C=O) groups excluding carboxylic acids is 1. The molecule has 0 aromatic rings. The maximum atomic E-state index is 11.1. The molecule has 0 radical (unpaired) electrons. The van der Waals surface area contributed by atoms with Crippen LogP contribution in [0.2, 0.25) is 0 Å². The molecule has 0 fully saturated rings. The van der Waals surface area contributed by atoms with E-state index in [1.54, 1.807) is 19.9 Å². The van der Waals surface area contributed by atoms with Gasteiger partial charge in [0, 0.05) is 5.57 Å². The van der Waals surface area contributed by atoms with Crippen molar-refractivity contribution in [3.05, 3.63) is 24.3 Å². The molecule has 0 aromatic heterocycles. The van der Waals surface area contributed by atoms with Crippen molar-refractivity contribution in [3.8, 4) is 0 Å². The Morgan fingerprint density at radius 1 is 1.67 bits per heavy atom. The molecule has 1 atom stereocenters. The lowest BCUT2D eigenvalue weighted by Gasteiger charge is -2.03. The molecule has 0 amide bonds. The van der Waals surface area contributed by atoms with Crippen molar-refractivity contribution >= 4 is 5.97 Å². The van der Waals surface area contributed by atoms with E-state index in [1.807, 2.05) is 13.0 Å². The average Bonchev–Trinajstić information content (AvgIpc) is 2.04. The zero-order chi connectivity index (χ0) is 9.56. The van der Waals surface area contributed by atoms with E-state index < -0.39 is 0 Å². The van der Waals surface area contributed by atoms with Gasteiger partial charge in [-0.25, -0.2) is 4.79 Å². The van der Waals surface area contributed by atoms with Gasteiger partial charge in [0.2, 0.25) is 0 Å². The summed E-state index contributed by atoms with van der Waals surface area (Å²) >= 11 is 0. The average molecular weight is 168 g/mol. The predicted molar refractivity (Wildman–Crippen MR) is 49.8 cm³/mol. The molecule has 0 aliphatic rings. The second-order valence-corrected chi connectivity index (χ2v) is 2.66. The van der Waals surface area contributed by atoms with Crippen LogP contribution >= 0.6 is 0 Å². The van der Waals surface area contributed by atoms with E-state index in [-0.39, 0.29) is 11.9 Å². The van der Waals surface area contributed by atoms with Gasteiger partial charge >= 0.3 is 5.97 Å². The number of rotatable bonds is 4. The maximum absolute atomic E-state index is 11.1. The van der Waals surface area contributed by atoms with Crippen LogP contribution in [-0.4, -0.2) is 12.6 Å². The summed E-state index contributed by atoms with van der Waals surface area (Å²) in [6, 6.07) is 0. The molecule has 0 aliphatic heterocycles. The second kappa shape index (κ2) is 5.58. The summed E-state index contributed by atoms with van der Waals surface area (Å²) in [5.41, 5.74) is 0.643. The van der Waals surface area contributed by atoms with Gasteiger partial charge in [-0.05, 0) is 19.8 Å². The molecular formula is C10H16O2. The normalized spacial score (nSPS) is 13.8. The summed E-state index contributed by atoms with van der Waals surface area (Å²) in [6.45, 7) is 9.56. The highest BCUT2D eigenvalue weighted by Crippen LogP contribution is 2.04. The minimum atomic E-state index is -0.244. The van der Waals surface area contributed by atoms with Crippen LogP contribution in [0.25, 0.3) is 0 Å². The van der Waals surface area contributed by atoms with Crippen LogP contribution < -0.4 is 0 Å².